The molecule has 1 aliphatic heterocycles. The minimum atomic E-state index is -4.60. The van der Waals surface area contributed by atoms with Crippen LogP contribution in [0.5, 0.6) is 0 Å². The number of rotatable bonds is 2. The molecule has 0 aliphatic carbocycles. The molecule has 132 valence electrons. The van der Waals surface area contributed by atoms with E-state index in [1.807, 2.05) is 0 Å². The molecule has 24 heavy (non-hydrogen) atoms. The highest BCUT2D eigenvalue weighted by molar-refractivity contribution is 7.91. The number of hydrogen-bond acceptors (Lipinski definition) is 4. The minimum Gasteiger partial charge on any atom is -0.466 e. The molecule has 0 N–H and O–H groups in total. The lowest BCUT2D eigenvalue weighted by molar-refractivity contribution is -0.141. The van der Waals surface area contributed by atoms with Gasteiger partial charge in [0.05, 0.1) is 23.2 Å². The number of aryl methyl sites for hydroxylation is 2. The molecule has 1 saturated heterocycles. The quantitative estimate of drug-likeness (QED) is 0.820. The molecule has 3 heterocycles. The number of aromatic nitrogens is 2. The minimum absolute atomic E-state index is 0.0656. The SMILES string of the molecule is Cc1cc(-c2cc(C(F)(F)F)nn2C2CCCS(=O)(=O)C2)c(C)o1. The summed E-state index contributed by atoms with van der Waals surface area (Å²) in [6.45, 7) is 3.36. The van der Waals surface area contributed by atoms with E-state index in [2.05, 4.69) is 5.10 Å². The first kappa shape index (κ1) is 17.1. The lowest BCUT2D eigenvalue weighted by Crippen LogP contribution is -2.28. The smallest absolute Gasteiger partial charge is 0.435 e. The molecule has 0 spiro atoms. The zero-order valence-corrected chi connectivity index (χ0v) is 14.0. The average Bonchev–Trinajstić information content (AvgIpc) is 3.00. The summed E-state index contributed by atoms with van der Waals surface area (Å²) in [5.41, 5.74) is -0.295. The summed E-state index contributed by atoms with van der Waals surface area (Å²) in [6, 6.07) is 1.99. The summed E-state index contributed by atoms with van der Waals surface area (Å²) in [6.07, 6.45) is -3.71. The van der Waals surface area contributed by atoms with E-state index in [0.29, 0.717) is 29.9 Å². The van der Waals surface area contributed by atoms with Gasteiger partial charge in [-0.15, -0.1) is 0 Å². The van der Waals surface area contributed by atoms with Gasteiger partial charge in [-0.05, 0) is 38.8 Å². The number of alkyl halides is 3. The second-order valence-corrected chi connectivity index (χ2v) is 8.32. The van der Waals surface area contributed by atoms with Crippen molar-refractivity contribution in [3.63, 3.8) is 0 Å². The van der Waals surface area contributed by atoms with Crippen molar-refractivity contribution in [1.29, 1.82) is 0 Å². The van der Waals surface area contributed by atoms with E-state index in [4.69, 9.17) is 4.42 Å². The third-order valence-corrected chi connectivity index (χ3v) is 5.93. The maximum atomic E-state index is 13.1. The van der Waals surface area contributed by atoms with E-state index in [1.165, 1.54) is 4.68 Å². The molecular formula is C15H17F3N2O3S. The maximum absolute atomic E-state index is 13.1. The molecule has 1 atom stereocenters. The molecule has 1 unspecified atom stereocenters. The predicted octanol–water partition coefficient (Wildman–Crippen LogP) is 3.53. The van der Waals surface area contributed by atoms with Crippen LogP contribution in [-0.4, -0.2) is 29.7 Å². The van der Waals surface area contributed by atoms with E-state index in [1.54, 1.807) is 19.9 Å². The van der Waals surface area contributed by atoms with Crippen LogP contribution in [0, 0.1) is 13.8 Å². The van der Waals surface area contributed by atoms with E-state index >= 15 is 0 Å². The van der Waals surface area contributed by atoms with Gasteiger partial charge >= 0.3 is 6.18 Å². The first-order valence-corrected chi connectivity index (χ1v) is 9.33. The third-order valence-electron chi connectivity index (χ3n) is 4.13. The van der Waals surface area contributed by atoms with Gasteiger partial charge < -0.3 is 4.42 Å². The first-order chi connectivity index (χ1) is 11.1. The van der Waals surface area contributed by atoms with Crippen LogP contribution in [-0.2, 0) is 16.0 Å². The molecule has 2 aromatic rings. The molecule has 5 nitrogen and oxygen atoms in total. The summed E-state index contributed by atoms with van der Waals surface area (Å²) < 4.78 is 69.7. The Morgan fingerprint density at radius 3 is 2.54 bits per heavy atom. The van der Waals surface area contributed by atoms with Crippen molar-refractivity contribution in [2.45, 2.75) is 38.9 Å². The van der Waals surface area contributed by atoms with Crippen molar-refractivity contribution in [3.8, 4) is 11.3 Å². The van der Waals surface area contributed by atoms with Crippen molar-refractivity contribution < 1.29 is 26.0 Å². The van der Waals surface area contributed by atoms with Gasteiger partial charge in [-0.2, -0.15) is 18.3 Å². The van der Waals surface area contributed by atoms with Gasteiger partial charge in [-0.25, -0.2) is 8.42 Å². The van der Waals surface area contributed by atoms with Gasteiger partial charge in [0, 0.05) is 5.56 Å². The van der Waals surface area contributed by atoms with Crippen LogP contribution in [0.2, 0.25) is 0 Å². The Hall–Kier alpha value is -1.77. The third kappa shape index (κ3) is 3.22. The molecular weight excluding hydrogens is 345 g/mol. The zero-order valence-electron chi connectivity index (χ0n) is 13.2. The van der Waals surface area contributed by atoms with E-state index in [0.717, 1.165) is 6.07 Å². The van der Waals surface area contributed by atoms with Crippen LogP contribution >= 0.6 is 0 Å². The molecule has 0 aromatic carbocycles. The molecule has 9 heteroatoms. The van der Waals surface area contributed by atoms with Gasteiger partial charge in [0.15, 0.2) is 15.5 Å². The molecule has 1 fully saturated rings. The van der Waals surface area contributed by atoms with Crippen LogP contribution < -0.4 is 0 Å². The zero-order chi connectivity index (χ0) is 17.7. The van der Waals surface area contributed by atoms with E-state index in [9.17, 15) is 21.6 Å². The topological polar surface area (TPSA) is 65.1 Å². The fraction of sp³-hybridized carbons (Fsp3) is 0.533. The Labute approximate surface area is 137 Å². The normalized spacial score (nSPS) is 21.1. The highest BCUT2D eigenvalue weighted by Crippen LogP contribution is 2.37. The Morgan fingerprint density at radius 2 is 2.00 bits per heavy atom. The van der Waals surface area contributed by atoms with Crippen LogP contribution in [0.4, 0.5) is 13.2 Å². The Bertz CT molecular complexity index is 865. The van der Waals surface area contributed by atoms with E-state index < -0.39 is 27.7 Å². The molecule has 2 aromatic heterocycles. The van der Waals surface area contributed by atoms with Crippen molar-refractivity contribution in [3.05, 3.63) is 29.3 Å². The highest BCUT2D eigenvalue weighted by Gasteiger charge is 2.37. The van der Waals surface area contributed by atoms with Crippen molar-refractivity contribution in [2.75, 3.05) is 11.5 Å². The van der Waals surface area contributed by atoms with Gasteiger partial charge in [0.25, 0.3) is 0 Å². The Morgan fingerprint density at radius 1 is 1.29 bits per heavy atom. The monoisotopic (exact) mass is 362 g/mol. The summed E-state index contributed by atoms with van der Waals surface area (Å²) in [4.78, 5) is 0. The predicted molar refractivity (Wildman–Crippen MR) is 81.3 cm³/mol. The lowest BCUT2D eigenvalue weighted by atomic mass is 10.1. The van der Waals surface area contributed by atoms with Gasteiger partial charge in [-0.3, -0.25) is 4.68 Å². The van der Waals surface area contributed by atoms with Crippen LogP contribution in [0.3, 0.4) is 0 Å². The Kier molecular flexibility index (Phi) is 4.01. The number of nitrogens with zero attached hydrogens (tertiary/aromatic N) is 2. The second-order valence-electron chi connectivity index (χ2n) is 6.09. The van der Waals surface area contributed by atoms with Crippen molar-refractivity contribution in [1.82, 2.24) is 9.78 Å². The van der Waals surface area contributed by atoms with Gasteiger partial charge in [0.2, 0.25) is 0 Å². The Balaban J connectivity index is 2.13. The summed E-state index contributed by atoms with van der Waals surface area (Å²) in [7, 11) is -3.28. The maximum Gasteiger partial charge on any atom is 0.435 e. The van der Waals surface area contributed by atoms with Crippen LogP contribution in [0.15, 0.2) is 16.5 Å². The molecule has 0 bridgehead atoms. The van der Waals surface area contributed by atoms with Crippen molar-refractivity contribution in [2.24, 2.45) is 0 Å². The molecule has 0 saturated carbocycles. The standard InChI is InChI=1S/C15H17F3N2O3S/c1-9-6-12(10(2)23-9)13-7-14(15(16,17)18)19-20(13)11-4-3-5-24(21,22)8-11/h6-7,11H,3-5,8H2,1-2H3. The molecule has 0 radical (unpaired) electrons. The fourth-order valence-electron chi connectivity index (χ4n) is 3.09. The number of hydrogen-bond donors (Lipinski definition) is 0. The fourth-order valence-corrected chi connectivity index (χ4v) is 4.76. The average molecular weight is 362 g/mol. The second kappa shape index (κ2) is 5.65. The lowest BCUT2D eigenvalue weighted by Gasteiger charge is -2.24. The van der Waals surface area contributed by atoms with Gasteiger partial charge in [0.1, 0.15) is 11.5 Å². The highest BCUT2D eigenvalue weighted by atomic mass is 32.2. The largest absolute Gasteiger partial charge is 0.466 e. The number of sulfone groups is 1. The summed E-state index contributed by atoms with van der Waals surface area (Å²) >= 11 is 0. The van der Waals surface area contributed by atoms with Crippen molar-refractivity contribution >= 4 is 9.84 Å². The number of halogens is 3. The van der Waals surface area contributed by atoms with Crippen LogP contribution in [0.1, 0.15) is 36.1 Å². The summed E-state index contributed by atoms with van der Waals surface area (Å²) in [5.74, 6) is 0.909. The number of furan rings is 1. The molecule has 0 amide bonds. The molecule has 3 rings (SSSR count). The molecule has 1 aliphatic rings. The van der Waals surface area contributed by atoms with E-state index in [-0.39, 0.29) is 17.2 Å². The first-order valence-electron chi connectivity index (χ1n) is 7.51. The van der Waals surface area contributed by atoms with Crippen LogP contribution in [0.25, 0.3) is 11.3 Å². The summed E-state index contributed by atoms with van der Waals surface area (Å²) in [5, 5.41) is 3.68. The van der Waals surface area contributed by atoms with Gasteiger partial charge in [-0.1, -0.05) is 0 Å².